The normalized spacial score (nSPS) is 21.6. The molecule has 0 atom stereocenters. The van der Waals surface area contributed by atoms with Crippen molar-refractivity contribution in [2.24, 2.45) is 0 Å². The SMILES string of the molecule is OCCCCCCBr.OCCCCCCOc1ccc(C2CCC(O)CC2)cc1.Oc1ccc(C2CCC(O)CC2)cc1. The Balaban J connectivity index is 0.000000252. The maximum atomic E-state index is 9.56. The molecule has 6 nitrogen and oxygen atoms in total. The average molecular weight is 666 g/mol. The van der Waals surface area contributed by atoms with Crippen LogP contribution < -0.4 is 4.74 Å². The van der Waals surface area contributed by atoms with Gasteiger partial charge in [0, 0.05) is 18.5 Å². The van der Waals surface area contributed by atoms with Gasteiger partial charge in [0.2, 0.25) is 0 Å². The first-order chi connectivity index (χ1) is 21.0. The van der Waals surface area contributed by atoms with E-state index >= 15 is 0 Å². The van der Waals surface area contributed by atoms with E-state index in [1.54, 1.807) is 12.1 Å². The smallest absolute Gasteiger partial charge is 0.119 e. The molecule has 2 aromatic carbocycles. The maximum Gasteiger partial charge on any atom is 0.119 e. The van der Waals surface area contributed by atoms with Crippen LogP contribution in [0.25, 0.3) is 0 Å². The number of aliphatic hydroxyl groups is 4. The lowest BCUT2D eigenvalue weighted by molar-refractivity contribution is 0.122. The van der Waals surface area contributed by atoms with Gasteiger partial charge in [0.15, 0.2) is 0 Å². The zero-order valence-corrected chi connectivity index (χ0v) is 27.7. The number of unbranched alkanes of at least 4 members (excludes halogenated alkanes) is 6. The molecule has 2 aromatic rings. The van der Waals surface area contributed by atoms with Crippen molar-refractivity contribution in [1.82, 2.24) is 0 Å². The molecule has 2 saturated carbocycles. The molecule has 5 N–H and O–H groups in total. The van der Waals surface area contributed by atoms with Crippen molar-refractivity contribution in [3.63, 3.8) is 0 Å². The quantitative estimate of drug-likeness (QED) is 0.103. The second kappa shape index (κ2) is 23.7. The Hall–Kier alpha value is -1.64. The van der Waals surface area contributed by atoms with Crippen LogP contribution in [0, 0.1) is 0 Å². The minimum Gasteiger partial charge on any atom is -0.508 e. The molecule has 2 fully saturated rings. The summed E-state index contributed by atoms with van der Waals surface area (Å²) in [6.07, 6.45) is 16.5. The van der Waals surface area contributed by atoms with Crippen LogP contribution in [0.2, 0.25) is 0 Å². The van der Waals surface area contributed by atoms with Crippen molar-refractivity contribution >= 4 is 15.9 Å². The summed E-state index contributed by atoms with van der Waals surface area (Å²) in [6.45, 7) is 1.39. The van der Waals surface area contributed by atoms with Crippen molar-refractivity contribution in [2.45, 2.75) is 127 Å². The van der Waals surface area contributed by atoms with Crippen LogP contribution in [0.3, 0.4) is 0 Å². The molecule has 0 bridgehead atoms. The lowest BCUT2D eigenvalue weighted by Crippen LogP contribution is -2.16. The van der Waals surface area contributed by atoms with Gasteiger partial charge >= 0.3 is 0 Å². The Morgan fingerprint density at radius 3 is 1.42 bits per heavy atom. The number of aromatic hydroxyl groups is 1. The van der Waals surface area contributed by atoms with Crippen molar-refractivity contribution in [3.05, 3.63) is 59.7 Å². The van der Waals surface area contributed by atoms with E-state index in [-0.39, 0.29) is 12.2 Å². The molecule has 0 radical (unpaired) electrons. The highest BCUT2D eigenvalue weighted by Crippen LogP contribution is 2.34. The number of hydrogen-bond donors (Lipinski definition) is 5. The minimum absolute atomic E-state index is 0.0883. The van der Waals surface area contributed by atoms with Gasteiger partial charge < -0.3 is 30.3 Å². The van der Waals surface area contributed by atoms with Gasteiger partial charge in [-0.15, -0.1) is 0 Å². The van der Waals surface area contributed by atoms with E-state index in [0.29, 0.717) is 30.8 Å². The van der Waals surface area contributed by atoms with E-state index in [9.17, 15) is 10.2 Å². The summed E-state index contributed by atoms with van der Waals surface area (Å²) < 4.78 is 5.74. The maximum absolute atomic E-state index is 9.56. The number of phenolic OH excluding ortho intramolecular Hbond substituents is 1. The van der Waals surface area contributed by atoms with Gasteiger partial charge in [-0.3, -0.25) is 0 Å². The van der Waals surface area contributed by atoms with E-state index in [2.05, 4.69) is 40.2 Å². The van der Waals surface area contributed by atoms with Gasteiger partial charge in [0.25, 0.3) is 0 Å². The Morgan fingerprint density at radius 1 is 0.558 bits per heavy atom. The number of hydrogen-bond acceptors (Lipinski definition) is 6. The number of ether oxygens (including phenoxy) is 1. The predicted octanol–water partition coefficient (Wildman–Crippen LogP) is 7.98. The summed E-state index contributed by atoms with van der Waals surface area (Å²) in [5.41, 5.74) is 2.66. The van der Waals surface area contributed by atoms with Gasteiger partial charge in [-0.2, -0.15) is 0 Å². The van der Waals surface area contributed by atoms with Crippen LogP contribution in [0.4, 0.5) is 0 Å². The van der Waals surface area contributed by atoms with E-state index in [4.69, 9.17) is 20.1 Å². The molecule has 0 saturated heterocycles. The minimum atomic E-state index is -0.0941. The molecular weight excluding hydrogens is 608 g/mol. The fraction of sp³-hybridized carbons (Fsp3) is 0.667. The lowest BCUT2D eigenvalue weighted by atomic mass is 9.83. The van der Waals surface area contributed by atoms with Crippen LogP contribution in [-0.2, 0) is 0 Å². The molecule has 2 aliphatic carbocycles. The molecular formula is C36H57BrO6. The molecule has 0 amide bonds. The molecule has 2 aliphatic rings. The number of halogens is 1. The summed E-state index contributed by atoms with van der Waals surface area (Å²) in [5.74, 6) is 2.43. The molecule has 0 spiro atoms. The monoisotopic (exact) mass is 664 g/mol. The van der Waals surface area contributed by atoms with Gasteiger partial charge in [-0.25, -0.2) is 0 Å². The topological polar surface area (TPSA) is 110 Å². The van der Waals surface area contributed by atoms with Crippen molar-refractivity contribution in [1.29, 1.82) is 0 Å². The summed E-state index contributed by atoms with van der Waals surface area (Å²) in [7, 11) is 0. The fourth-order valence-corrected chi connectivity index (χ4v) is 6.11. The van der Waals surface area contributed by atoms with E-state index in [1.807, 2.05) is 12.1 Å². The first kappa shape index (κ1) is 37.5. The van der Waals surface area contributed by atoms with Gasteiger partial charge in [0.1, 0.15) is 11.5 Å². The molecule has 43 heavy (non-hydrogen) atoms. The van der Waals surface area contributed by atoms with Crippen molar-refractivity contribution < 1.29 is 30.3 Å². The van der Waals surface area contributed by atoms with Crippen LogP contribution in [-0.4, -0.2) is 62.9 Å². The second-order valence-corrected chi connectivity index (χ2v) is 12.8. The van der Waals surface area contributed by atoms with Gasteiger partial charge in [0.05, 0.1) is 18.8 Å². The largest absolute Gasteiger partial charge is 0.508 e. The van der Waals surface area contributed by atoms with E-state index in [1.165, 1.54) is 30.4 Å². The number of aliphatic hydroxyl groups excluding tert-OH is 4. The third-order valence-corrected chi connectivity index (χ3v) is 9.03. The number of phenols is 1. The highest BCUT2D eigenvalue weighted by atomic mass is 79.9. The predicted molar refractivity (Wildman–Crippen MR) is 179 cm³/mol. The summed E-state index contributed by atoms with van der Waals surface area (Å²) >= 11 is 3.34. The van der Waals surface area contributed by atoms with Gasteiger partial charge in [-0.1, -0.05) is 59.5 Å². The molecule has 4 rings (SSSR count). The standard InChI is InChI=1S/C18H28O3.C12H16O2.C6H13BrO/c19-13-3-1-2-4-14-21-18-11-7-16(8-12-18)15-5-9-17(20)10-6-15;13-11-5-1-9(2-6-11)10-3-7-12(14)8-4-10;7-5-3-1-2-4-6-8/h7-8,11-12,15,17,19-20H,1-6,9-10,13-14H2;1-2,5-6,10,12-14H,3-4,7-8H2;8H,1-6H2. The molecule has 0 aromatic heterocycles. The molecule has 7 heteroatoms. The van der Waals surface area contributed by atoms with E-state index in [0.717, 1.165) is 101 Å². The first-order valence-electron chi connectivity index (χ1n) is 16.6. The third-order valence-electron chi connectivity index (χ3n) is 8.47. The third kappa shape index (κ3) is 16.9. The van der Waals surface area contributed by atoms with Crippen LogP contribution >= 0.6 is 15.9 Å². The van der Waals surface area contributed by atoms with Crippen molar-refractivity contribution in [3.8, 4) is 11.5 Å². The molecule has 0 unspecified atom stereocenters. The zero-order chi connectivity index (χ0) is 31.1. The summed E-state index contributed by atoms with van der Waals surface area (Å²) in [5, 5.41) is 46.2. The fourth-order valence-electron chi connectivity index (χ4n) is 5.72. The zero-order valence-electron chi connectivity index (χ0n) is 26.1. The van der Waals surface area contributed by atoms with Crippen LogP contribution in [0.1, 0.15) is 126 Å². The molecule has 244 valence electrons. The average Bonchev–Trinajstić information content (AvgIpc) is 3.03. The molecule has 0 aliphatic heterocycles. The molecule has 0 heterocycles. The summed E-state index contributed by atoms with van der Waals surface area (Å²) in [6, 6.07) is 15.9. The second-order valence-electron chi connectivity index (χ2n) is 12.0. The Bertz CT molecular complexity index is 900. The highest BCUT2D eigenvalue weighted by molar-refractivity contribution is 9.09. The van der Waals surface area contributed by atoms with Crippen LogP contribution in [0.5, 0.6) is 11.5 Å². The number of alkyl halides is 1. The Kier molecular flexibility index (Phi) is 20.7. The van der Waals surface area contributed by atoms with E-state index < -0.39 is 0 Å². The van der Waals surface area contributed by atoms with Crippen molar-refractivity contribution in [2.75, 3.05) is 25.2 Å². The van der Waals surface area contributed by atoms with Gasteiger partial charge in [-0.05, 0) is 131 Å². The Morgan fingerprint density at radius 2 is 0.977 bits per heavy atom. The first-order valence-corrected chi connectivity index (χ1v) is 17.7. The summed E-state index contributed by atoms with van der Waals surface area (Å²) in [4.78, 5) is 0. The highest BCUT2D eigenvalue weighted by Gasteiger charge is 2.21. The number of rotatable bonds is 14. The lowest BCUT2D eigenvalue weighted by Gasteiger charge is -2.25. The number of benzene rings is 2. The Labute approximate surface area is 268 Å². The van der Waals surface area contributed by atoms with Crippen LogP contribution in [0.15, 0.2) is 48.5 Å².